The van der Waals surface area contributed by atoms with Crippen molar-refractivity contribution in [3.8, 4) is 11.1 Å². The quantitative estimate of drug-likeness (QED) is 0.754. The largest absolute Gasteiger partial charge is 0.337 e. The molecule has 2 aliphatic rings. The molecule has 2 aromatic rings. The average Bonchev–Trinajstić information content (AvgIpc) is 3.13. The second-order valence-electron chi connectivity index (χ2n) is 7.92. The van der Waals surface area contributed by atoms with Crippen molar-refractivity contribution in [1.29, 1.82) is 0 Å². The van der Waals surface area contributed by atoms with Gasteiger partial charge in [0.15, 0.2) is 0 Å². The van der Waals surface area contributed by atoms with Gasteiger partial charge in [-0.2, -0.15) is 11.8 Å². The molecule has 2 heterocycles. The summed E-state index contributed by atoms with van der Waals surface area (Å²) < 4.78 is 0. The summed E-state index contributed by atoms with van der Waals surface area (Å²) in [5.74, 6) is 2.54. The molecule has 2 fully saturated rings. The Labute approximate surface area is 173 Å². The van der Waals surface area contributed by atoms with E-state index >= 15 is 0 Å². The number of rotatable bonds is 5. The first-order valence-electron chi connectivity index (χ1n) is 10.5. The molecule has 0 aromatic heterocycles. The molecular formula is C24H30N2OS. The van der Waals surface area contributed by atoms with E-state index in [1.807, 2.05) is 17.8 Å². The van der Waals surface area contributed by atoms with E-state index in [1.165, 1.54) is 42.8 Å². The van der Waals surface area contributed by atoms with Crippen LogP contribution in [0.3, 0.4) is 0 Å². The summed E-state index contributed by atoms with van der Waals surface area (Å²) >= 11 is 2.01. The molecule has 4 heteroatoms. The van der Waals surface area contributed by atoms with Gasteiger partial charge in [0.05, 0.1) is 12.5 Å². The fraction of sp³-hybridized carbons (Fsp3) is 0.458. The highest BCUT2D eigenvalue weighted by atomic mass is 32.2. The van der Waals surface area contributed by atoms with Crippen LogP contribution >= 0.6 is 11.8 Å². The van der Waals surface area contributed by atoms with Crippen LogP contribution in [0, 0.1) is 0 Å². The van der Waals surface area contributed by atoms with E-state index in [9.17, 15) is 4.79 Å². The molecule has 2 aromatic carbocycles. The van der Waals surface area contributed by atoms with Crippen molar-refractivity contribution < 1.29 is 4.79 Å². The van der Waals surface area contributed by atoms with Crippen LogP contribution in [0.2, 0.25) is 0 Å². The van der Waals surface area contributed by atoms with Crippen molar-refractivity contribution >= 4 is 17.7 Å². The van der Waals surface area contributed by atoms with Crippen molar-refractivity contribution in [2.45, 2.75) is 31.7 Å². The molecule has 3 nitrogen and oxygen atoms in total. The lowest BCUT2D eigenvalue weighted by atomic mass is 10.0. The number of nitrogens with zero attached hydrogens (tertiary/aromatic N) is 2. The Morgan fingerprint density at radius 3 is 2.36 bits per heavy atom. The van der Waals surface area contributed by atoms with Crippen LogP contribution in [0.1, 0.15) is 24.8 Å². The van der Waals surface area contributed by atoms with Crippen LogP contribution in [0.4, 0.5) is 0 Å². The van der Waals surface area contributed by atoms with Crippen LogP contribution in [-0.2, 0) is 11.2 Å². The maximum absolute atomic E-state index is 13.2. The van der Waals surface area contributed by atoms with E-state index < -0.39 is 0 Å². The Morgan fingerprint density at radius 1 is 0.893 bits per heavy atom. The zero-order valence-corrected chi connectivity index (χ0v) is 17.4. The molecule has 0 saturated carbocycles. The predicted molar refractivity (Wildman–Crippen MR) is 119 cm³/mol. The summed E-state index contributed by atoms with van der Waals surface area (Å²) in [6.45, 7) is 4.35. The molecule has 1 unspecified atom stereocenters. The van der Waals surface area contributed by atoms with Gasteiger partial charge in [0, 0.05) is 18.8 Å². The van der Waals surface area contributed by atoms with Crippen molar-refractivity contribution in [1.82, 2.24) is 9.80 Å². The van der Waals surface area contributed by atoms with Crippen LogP contribution < -0.4 is 0 Å². The lowest BCUT2D eigenvalue weighted by Crippen LogP contribution is -2.48. The van der Waals surface area contributed by atoms with Gasteiger partial charge in [-0.15, -0.1) is 0 Å². The number of benzene rings is 2. The standard InChI is InChI=1S/C24H30N2OS/c27-24(17-20-9-11-22(12-10-20)21-7-2-1-3-8-21)26-15-6-16-28-19-23(26)18-25-13-4-5-14-25/h1-3,7-12,23H,4-6,13-19H2. The predicted octanol–water partition coefficient (Wildman–Crippen LogP) is 4.33. The van der Waals surface area contributed by atoms with Gasteiger partial charge in [0.2, 0.25) is 5.91 Å². The first-order valence-corrected chi connectivity index (χ1v) is 11.7. The molecule has 148 valence electrons. The Bertz CT molecular complexity index is 756. The van der Waals surface area contributed by atoms with E-state index in [0.717, 1.165) is 30.8 Å². The van der Waals surface area contributed by atoms with Gasteiger partial charge in [-0.05, 0) is 54.8 Å². The number of thioether (sulfide) groups is 1. The van der Waals surface area contributed by atoms with Gasteiger partial charge >= 0.3 is 0 Å². The maximum Gasteiger partial charge on any atom is 0.227 e. The molecule has 1 amide bonds. The molecule has 4 rings (SSSR count). The minimum absolute atomic E-state index is 0.291. The Morgan fingerprint density at radius 2 is 1.61 bits per heavy atom. The normalized spacial score (nSPS) is 20.9. The number of hydrogen-bond acceptors (Lipinski definition) is 3. The van der Waals surface area contributed by atoms with E-state index in [1.54, 1.807) is 0 Å². The molecule has 2 aliphatic heterocycles. The fourth-order valence-corrected chi connectivity index (χ4v) is 5.35. The van der Waals surface area contributed by atoms with Crippen molar-refractivity contribution in [3.63, 3.8) is 0 Å². The first-order chi connectivity index (χ1) is 13.8. The molecule has 0 bridgehead atoms. The zero-order chi connectivity index (χ0) is 19.2. The second-order valence-corrected chi connectivity index (χ2v) is 9.07. The number of amides is 1. The highest BCUT2D eigenvalue weighted by Gasteiger charge is 2.28. The SMILES string of the molecule is O=C(Cc1ccc(-c2ccccc2)cc1)N1CCCSCC1CN1CCCC1. The van der Waals surface area contributed by atoms with Gasteiger partial charge in [0.1, 0.15) is 0 Å². The minimum atomic E-state index is 0.291. The summed E-state index contributed by atoms with van der Waals surface area (Å²) in [4.78, 5) is 17.9. The fourth-order valence-electron chi connectivity index (χ4n) is 4.29. The van der Waals surface area contributed by atoms with Crippen molar-refractivity contribution in [2.24, 2.45) is 0 Å². The van der Waals surface area contributed by atoms with Gasteiger partial charge in [-0.25, -0.2) is 0 Å². The zero-order valence-electron chi connectivity index (χ0n) is 16.6. The number of carbonyl (C=O) groups excluding carboxylic acids is 1. The molecule has 0 aliphatic carbocycles. The number of hydrogen-bond donors (Lipinski definition) is 0. The molecule has 0 spiro atoms. The number of likely N-dealkylation sites (tertiary alicyclic amines) is 1. The van der Waals surface area contributed by atoms with Gasteiger partial charge in [-0.1, -0.05) is 54.6 Å². The monoisotopic (exact) mass is 394 g/mol. The van der Waals surface area contributed by atoms with Gasteiger partial charge in [-0.3, -0.25) is 4.79 Å². The first kappa shape index (κ1) is 19.5. The Hall–Kier alpha value is -1.78. The summed E-state index contributed by atoms with van der Waals surface area (Å²) in [5.41, 5.74) is 3.53. The summed E-state index contributed by atoms with van der Waals surface area (Å²) in [7, 11) is 0. The summed E-state index contributed by atoms with van der Waals surface area (Å²) in [5, 5.41) is 0. The van der Waals surface area contributed by atoms with E-state index in [2.05, 4.69) is 58.3 Å². The maximum atomic E-state index is 13.2. The third-order valence-electron chi connectivity index (χ3n) is 5.84. The highest BCUT2D eigenvalue weighted by Crippen LogP contribution is 2.22. The highest BCUT2D eigenvalue weighted by molar-refractivity contribution is 7.99. The van der Waals surface area contributed by atoms with Crippen LogP contribution in [-0.4, -0.2) is 59.4 Å². The van der Waals surface area contributed by atoms with E-state index in [-0.39, 0.29) is 0 Å². The minimum Gasteiger partial charge on any atom is -0.337 e. The molecule has 1 atom stereocenters. The molecule has 2 saturated heterocycles. The summed E-state index contributed by atoms with van der Waals surface area (Å²) in [6, 6.07) is 19.3. The van der Waals surface area contributed by atoms with E-state index in [4.69, 9.17) is 0 Å². The summed E-state index contributed by atoms with van der Waals surface area (Å²) in [6.07, 6.45) is 4.24. The molecule has 0 N–H and O–H groups in total. The average molecular weight is 395 g/mol. The third-order valence-corrected chi connectivity index (χ3v) is 7.04. The Balaban J connectivity index is 1.41. The molecular weight excluding hydrogens is 364 g/mol. The van der Waals surface area contributed by atoms with Gasteiger partial charge in [0.25, 0.3) is 0 Å². The molecule has 0 radical (unpaired) electrons. The van der Waals surface area contributed by atoms with Crippen molar-refractivity contribution in [2.75, 3.05) is 37.7 Å². The molecule has 28 heavy (non-hydrogen) atoms. The van der Waals surface area contributed by atoms with Crippen LogP contribution in [0.15, 0.2) is 54.6 Å². The lowest BCUT2D eigenvalue weighted by molar-refractivity contribution is -0.132. The second kappa shape index (κ2) is 9.62. The van der Waals surface area contributed by atoms with Crippen LogP contribution in [0.5, 0.6) is 0 Å². The topological polar surface area (TPSA) is 23.6 Å². The van der Waals surface area contributed by atoms with Crippen LogP contribution in [0.25, 0.3) is 11.1 Å². The lowest BCUT2D eigenvalue weighted by Gasteiger charge is -2.33. The van der Waals surface area contributed by atoms with Gasteiger partial charge < -0.3 is 9.80 Å². The van der Waals surface area contributed by atoms with E-state index in [0.29, 0.717) is 18.4 Å². The smallest absolute Gasteiger partial charge is 0.227 e. The number of carbonyl (C=O) groups is 1. The Kier molecular flexibility index (Phi) is 6.71. The van der Waals surface area contributed by atoms with Crippen molar-refractivity contribution in [3.05, 3.63) is 60.2 Å². The third kappa shape index (κ3) is 4.98.